The smallest absolute Gasteiger partial charge is 0.330 e. The van der Waals surface area contributed by atoms with Crippen LogP contribution in [-0.4, -0.2) is 24.3 Å². The summed E-state index contributed by atoms with van der Waals surface area (Å²) in [7, 11) is 0. The zero-order chi connectivity index (χ0) is 27.5. The first-order chi connectivity index (χ1) is 19.1. The highest BCUT2D eigenvalue weighted by molar-refractivity contribution is 5.81. The lowest BCUT2D eigenvalue weighted by atomic mass is 9.72. The third kappa shape index (κ3) is 8.53. The van der Waals surface area contributed by atoms with Crippen molar-refractivity contribution in [3.8, 4) is 11.1 Å². The third-order valence-electron chi connectivity index (χ3n) is 9.05. The highest BCUT2D eigenvalue weighted by atomic mass is 16.5. The number of ether oxygens (including phenoxy) is 2. The summed E-state index contributed by atoms with van der Waals surface area (Å²) in [5.74, 6) is 2.13. The first-order valence-corrected chi connectivity index (χ1v) is 15.3. The number of rotatable bonds is 13. The number of carbonyl (C=O) groups excluding carboxylic acids is 1. The van der Waals surface area contributed by atoms with Crippen molar-refractivity contribution < 1.29 is 19.4 Å². The number of aryl methyl sites for hydroxylation is 1. The van der Waals surface area contributed by atoms with E-state index in [9.17, 15) is 9.90 Å². The fourth-order valence-electron chi connectivity index (χ4n) is 6.59. The molecule has 1 aliphatic carbocycles. The lowest BCUT2D eigenvalue weighted by Crippen LogP contribution is -2.29. The van der Waals surface area contributed by atoms with Gasteiger partial charge in [-0.25, -0.2) is 4.79 Å². The molecule has 212 valence electrons. The molecule has 0 radical (unpaired) electrons. The molecule has 0 aromatic heterocycles. The van der Waals surface area contributed by atoms with E-state index >= 15 is 0 Å². The Kier molecular flexibility index (Phi) is 11.7. The van der Waals surface area contributed by atoms with Crippen LogP contribution in [-0.2, 0) is 27.3 Å². The van der Waals surface area contributed by atoms with Gasteiger partial charge in [0.25, 0.3) is 0 Å². The molecule has 2 fully saturated rings. The van der Waals surface area contributed by atoms with E-state index in [4.69, 9.17) is 9.47 Å². The van der Waals surface area contributed by atoms with Gasteiger partial charge in [0, 0.05) is 12.7 Å². The number of aliphatic hydroxyl groups excluding tert-OH is 1. The molecule has 1 heterocycles. The van der Waals surface area contributed by atoms with Crippen molar-refractivity contribution in [3.05, 3.63) is 71.8 Å². The van der Waals surface area contributed by atoms with Crippen molar-refractivity contribution in [1.29, 1.82) is 0 Å². The molecule has 0 amide bonds. The Morgan fingerprint density at radius 3 is 2.36 bits per heavy atom. The topological polar surface area (TPSA) is 55.8 Å². The van der Waals surface area contributed by atoms with Crippen molar-refractivity contribution >= 4 is 5.97 Å². The summed E-state index contributed by atoms with van der Waals surface area (Å²) in [6.07, 6.45) is 16.4. The minimum absolute atomic E-state index is 0.138. The largest absolute Gasteiger partial charge is 0.458 e. The number of carbonyl (C=O) groups is 1. The Hall–Kier alpha value is -2.43. The molecular weight excluding hydrogens is 484 g/mol. The van der Waals surface area contributed by atoms with Crippen molar-refractivity contribution in [3.63, 3.8) is 0 Å². The number of esters is 1. The monoisotopic (exact) mass is 532 g/mol. The van der Waals surface area contributed by atoms with Crippen LogP contribution in [0.15, 0.2) is 55.1 Å². The molecule has 2 aromatic rings. The molecule has 2 atom stereocenters. The highest BCUT2D eigenvalue weighted by Crippen LogP contribution is 2.41. The molecule has 2 aromatic carbocycles. The van der Waals surface area contributed by atoms with Gasteiger partial charge in [0.1, 0.15) is 6.61 Å². The molecule has 0 spiro atoms. The number of benzene rings is 2. The molecule has 2 unspecified atom stereocenters. The summed E-state index contributed by atoms with van der Waals surface area (Å²) in [5, 5.41) is 9.26. The molecule has 1 aliphatic heterocycles. The summed E-state index contributed by atoms with van der Waals surface area (Å²) < 4.78 is 11.8. The second-order valence-electron chi connectivity index (χ2n) is 11.7. The molecule has 2 aliphatic rings. The van der Waals surface area contributed by atoms with E-state index in [0.29, 0.717) is 6.42 Å². The second kappa shape index (κ2) is 15.4. The van der Waals surface area contributed by atoms with Gasteiger partial charge in [0.15, 0.2) is 0 Å². The predicted molar refractivity (Wildman–Crippen MR) is 158 cm³/mol. The zero-order valence-corrected chi connectivity index (χ0v) is 23.9. The van der Waals surface area contributed by atoms with E-state index in [0.717, 1.165) is 59.5 Å². The summed E-state index contributed by atoms with van der Waals surface area (Å²) >= 11 is 0. The maximum Gasteiger partial charge on any atom is 0.330 e. The van der Waals surface area contributed by atoms with Gasteiger partial charge in [0.2, 0.25) is 0 Å². The van der Waals surface area contributed by atoms with Gasteiger partial charge in [-0.15, -0.1) is 0 Å². The molecule has 1 saturated carbocycles. The van der Waals surface area contributed by atoms with Crippen LogP contribution in [0.4, 0.5) is 0 Å². The van der Waals surface area contributed by atoms with Gasteiger partial charge in [0.05, 0.1) is 12.7 Å². The Morgan fingerprint density at radius 2 is 1.69 bits per heavy atom. The van der Waals surface area contributed by atoms with E-state index in [1.807, 2.05) is 0 Å². The van der Waals surface area contributed by atoms with Crippen LogP contribution >= 0.6 is 0 Å². The number of hydrogen-bond acceptors (Lipinski definition) is 4. The quantitative estimate of drug-likeness (QED) is 0.160. The van der Waals surface area contributed by atoms with Crippen LogP contribution in [0.5, 0.6) is 0 Å². The Morgan fingerprint density at radius 1 is 0.949 bits per heavy atom. The van der Waals surface area contributed by atoms with Crippen molar-refractivity contribution in [2.45, 2.75) is 96.7 Å². The van der Waals surface area contributed by atoms with Gasteiger partial charge in [-0.05, 0) is 90.2 Å². The first kappa shape index (κ1) is 29.6. The molecule has 0 bridgehead atoms. The highest BCUT2D eigenvalue weighted by Gasteiger charge is 2.31. The number of aliphatic hydroxyl groups is 1. The minimum Gasteiger partial charge on any atom is -0.458 e. The molecule has 4 nitrogen and oxygen atoms in total. The SMILES string of the molecule is C=CC(=O)OCc1cc(-c2ccc(C3CCC(C4CCC(CCCCC)CC4)CO3)cc2)ccc1CCCO. The fourth-order valence-corrected chi connectivity index (χ4v) is 6.59. The van der Waals surface area contributed by atoms with Crippen LogP contribution in [0.2, 0.25) is 0 Å². The average molecular weight is 533 g/mol. The Labute approximate surface area is 235 Å². The van der Waals surface area contributed by atoms with Gasteiger partial charge in [-0.3, -0.25) is 0 Å². The first-order valence-electron chi connectivity index (χ1n) is 15.3. The normalized spacial score (nSPS) is 23.3. The zero-order valence-electron chi connectivity index (χ0n) is 23.9. The molecular formula is C35H48O4. The summed E-state index contributed by atoms with van der Waals surface area (Å²) in [6.45, 7) is 7.02. The Bertz CT molecular complexity index is 1030. The Balaban J connectivity index is 1.31. The van der Waals surface area contributed by atoms with Crippen LogP contribution in [0.3, 0.4) is 0 Å². The molecule has 1 saturated heterocycles. The summed E-state index contributed by atoms with van der Waals surface area (Å²) in [4.78, 5) is 11.6. The van der Waals surface area contributed by atoms with Crippen LogP contribution in [0.1, 0.15) is 100 Å². The molecule has 4 heteroatoms. The van der Waals surface area contributed by atoms with E-state index in [1.54, 1.807) is 0 Å². The van der Waals surface area contributed by atoms with Crippen LogP contribution in [0.25, 0.3) is 11.1 Å². The van der Waals surface area contributed by atoms with Gasteiger partial charge in [-0.1, -0.05) is 88.4 Å². The maximum absolute atomic E-state index is 11.6. The van der Waals surface area contributed by atoms with Crippen LogP contribution < -0.4 is 0 Å². The van der Waals surface area contributed by atoms with E-state index < -0.39 is 5.97 Å². The third-order valence-corrected chi connectivity index (χ3v) is 9.05. The fraction of sp³-hybridized carbons (Fsp3) is 0.571. The lowest BCUT2D eigenvalue weighted by Gasteiger charge is -2.38. The minimum atomic E-state index is -0.428. The second-order valence-corrected chi connectivity index (χ2v) is 11.7. The maximum atomic E-state index is 11.6. The van der Waals surface area contributed by atoms with Crippen molar-refractivity contribution in [2.24, 2.45) is 17.8 Å². The van der Waals surface area contributed by atoms with Gasteiger partial charge >= 0.3 is 5.97 Å². The van der Waals surface area contributed by atoms with Crippen molar-refractivity contribution in [2.75, 3.05) is 13.2 Å². The van der Waals surface area contributed by atoms with Gasteiger partial charge < -0.3 is 14.6 Å². The van der Waals surface area contributed by atoms with Gasteiger partial charge in [-0.2, -0.15) is 0 Å². The summed E-state index contributed by atoms with van der Waals surface area (Å²) in [5.41, 5.74) is 5.55. The van der Waals surface area contributed by atoms with E-state index in [1.165, 1.54) is 69.4 Å². The molecule has 1 N–H and O–H groups in total. The molecule has 4 rings (SSSR count). The van der Waals surface area contributed by atoms with Crippen molar-refractivity contribution in [1.82, 2.24) is 0 Å². The van der Waals surface area contributed by atoms with Crippen LogP contribution in [0, 0.1) is 17.8 Å². The number of hydrogen-bond donors (Lipinski definition) is 1. The standard InChI is InChI=1S/C35H48O4/c1-3-5-6-8-26-10-12-29(13-11-26)32-20-21-34(38-24-32)30-17-14-28(15-18-30)31-19-16-27(9-7-22-36)33(23-31)25-39-35(37)4-2/h4,14-19,23,26,29,32,34,36H,2-3,5-13,20-22,24-25H2,1H3. The average Bonchev–Trinajstić information content (AvgIpc) is 2.99. The van der Waals surface area contributed by atoms with E-state index in [2.05, 4.69) is 56.0 Å². The lowest BCUT2D eigenvalue weighted by molar-refractivity contribution is -0.138. The molecule has 39 heavy (non-hydrogen) atoms. The summed E-state index contributed by atoms with van der Waals surface area (Å²) in [6, 6.07) is 15.1. The number of unbranched alkanes of at least 4 members (excludes halogenated alkanes) is 2. The van der Waals surface area contributed by atoms with E-state index in [-0.39, 0.29) is 19.3 Å². The predicted octanol–water partition coefficient (Wildman–Crippen LogP) is 8.36.